The van der Waals surface area contributed by atoms with Crippen LogP contribution in [0.4, 0.5) is 0 Å². The lowest BCUT2D eigenvalue weighted by Gasteiger charge is -2.34. The minimum atomic E-state index is -3.42. The fourth-order valence-electron chi connectivity index (χ4n) is 4.28. The van der Waals surface area contributed by atoms with E-state index in [2.05, 4.69) is 4.90 Å². The lowest BCUT2D eigenvalue weighted by molar-refractivity contribution is 0.173. The number of hydrogen-bond donors (Lipinski definition) is 0. The third kappa shape index (κ3) is 3.27. The van der Waals surface area contributed by atoms with Crippen molar-refractivity contribution in [1.82, 2.24) is 9.21 Å². The number of hydrogen-bond acceptors (Lipinski definition) is 5. The number of rotatable bonds is 4. The lowest BCUT2D eigenvalue weighted by atomic mass is 10.1. The fourth-order valence-corrected chi connectivity index (χ4v) is 5.76. The van der Waals surface area contributed by atoms with Crippen LogP contribution in [-0.2, 0) is 29.4 Å². The molecular formula is C21H24N2O4S. The summed E-state index contributed by atoms with van der Waals surface area (Å²) in [6.07, 6.45) is 3.17. The number of fused-ring (bicyclic) bond motifs is 2. The molecule has 0 amide bonds. The maximum atomic E-state index is 13.1. The molecule has 2 aromatic rings. The molecule has 0 unspecified atom stereocenters. The van der Waals surface area contributed by atoms with Gasteiger partial charge in [-0.1, -0.05) is 12.1 Å². The number of benzene rings is 2. The standard InChI is InChI=1S/C21H24N2O4S/c24-28(25,19-6-5-17-2-1-3-18(17)13-19)23-10-8-22(9-11-23)14-16-4-7-20-21(12-16)27-15-26-20/h4-7,12-13H,1-3,8-11,14-15H2. The molecule has 7 heteroatoms. The second-order valence-electron chi connectivity index (χ2n) is 7.65. The summed E-state index contributed by atoms with van der Waals surface area (Å²) in [4.78, 5) is 2.73. The summed E-state index contributed by atoms with van der Waals surface area (Å²) >= 11 is 0. The normalized spacial score (nSPS) is 19.7. The van der Waals surface area contributed by atoms with Crippen molar-refractivity contribution in [2.45, 2.75) is 30.7 Å². The van der Waals surface area contributed by atoms with Crippen LogP contribution in [-0.4, -0.2) is 50.6 Å². The molecule has 1 aliphatic carbocycles. The van der Waals surface area contributed by atoms with Crippen LogP contribution in [0.2, 0.25) is 0 Å². The van der Waals surface area contributed by atoms with E-state index >= 15 is 0 Å². The highest BCUT2D eigenvalue weighted by Gasteiger charge is 2.29. The monoisotopic (exact) mass is 400 g/mol. The first-order valence-corrected chi connectivity index (χ1v) is 11.3. The van der Waals surface area contributed by atoms with E-state index in [1.54, 1.807) is 10.4 Å². The summed E-state index contributed by atoms with van der Waals surface area (Å²) in [6, 6.07) is 11.6. The van der Waals surface area contributed by atoms with Crippen LogP contribution in [0.15, 0.2) is 41.3 Å². The Hall–Kier alpha value is -2.09. The molecule has 148 valence electrons. The average molecular weight is 401 g/mol. The first-order chi connectivity index (χ1) is 13.6. The van der Waals surface area contributed by atoms with Gasteiger partial charge in [-0.05, 0) is 60.2 Å². The molecule has 5 rings (SSSR count). The molecule has 3 aliphatic rings. The van der Waals surface area contributed by atoms with E-state index in [-0.39, 0.29) is 6.79 Å². The Balaban J connectivity index is 1.24. The summed E-state index contributed by atoms with van der Waals surface area (Å²) in [7, 11) is -3.42. The number of sulfonamides is 1. The Morgan fingerprint density at radius 2 is 1.64 bits per heavy atom. The minimum Gasteiger partial charge on any atom is -0.454 e. The fraction of sp³-hybridized carbons (Fsp3) is 0.429. The van der Waals surface area contributed by atoms with Crippen molar-refractivity contribution in [1.29, 1.82) is 0 Å². The molecule has 1 saturated heterocycles. The molecule has 0 saturated carbocycles. The van der Waals surface area contributed by atoms with Crippen molar-refractivity contribution >= 4 is 10.0 Å². The molecule has 0 N–H and O–H groups in total. The van der Waals surface area contributed by atoms with Gasteiger partial charge >= 0.3 is 0 Å². The van der Waals surface area contributed by atoms with E-state index in [0.717, 1.165) is 56.0 Å². The molecular weight excluding hydrogens is 376 g/mol. The molecule has 28 heavy (non-hydrogen) atoms. The van der Waals surface area contributed by atoms with E-state index < -0.39 is 10.0 Å². The topological polar surface area (TPSA) is 59.1 Å². The molecule has 1 fully saturated rings. The van der Waals surface area contributed by atoms with Gasteiger partial charge in [-0.3, -0.25) is 4.90 Å². The zero-order valence-corrected chi connectivity index (χ0v) is 16.6. The zero-order valence-electron chi connectivity index (χ0n) is 15.8. The van der Waals surface area contributed by atoms with Gasteiger partial charge in [0.05, 0.1) is 4.90 Å². The van der Waals surface area contributed by atoms with E-state index in [4.69, 9.17) is 9.47 Å². The molecule has 0 bridgehead atoms. The van der Waals surface area contributed by atoms with Crippen molar-refractivity contribution in [2.24, 2.45) is 0 Å². The van der Waals surface area contributed by atoms with Crippen molar-refractivity contribution in [3.63, 3.8) is 0 Å². The summed E-state index contributed by atoms with van der Waals surface area (Å²) in [6.45, 7) is 3.53. The second kappa shape index (κ2) is 7.06. The van der Waals surface area contributed by atoms with E-state index in [1.165, 1.54) is 11.1 Å². The highest BCUT2D eigenvalue weighted by molar-refractivity contribution is 7.89. The molecule has 2 aromatic carbocycles. The molecule has 0 radical (unpaired) electrons. The molecule has 0 aromatic heterocycles. The molecule has 0 spiro atoms. The first-order valence-electron chi connectivity index (χ1n) is 9.82. The summed E-state index contributed by atoms with van der Waals surface area (Å²) in [5.41, 5.74) is 3.65. The summed E-state index contributed by atoms with van der Waals surface area (Å²) in [5, 5.41) is 0. The van der Waals surface area contributed by atoms with E-state index in [1.807, 2.05) is 30.3 Å². The second-order valence-corrected chi connectivity index (χ2v) is 9.59. The SMILES string of the molecule is O=S(=O)(c1ccc2c(c1)CCC2)N1CCN(Cc2ccc3c(c2)OCO3)CC1. The third-order valence-electron chi connectivity index (χ3n) is 5.88. The summed E-state index contributed by atoms with van der Waals surface area (Å²) < 4.78 is 38.5. The van der Waals surface area contributed by atoms with Crippen LogP contribution < -0.4 is 9.47 Å². The molecule has 0 atom stereocenters. The van der Waals surface area contributed by atoms with Crippen LogP contribution in [0, 0.1) is 0 Å². The molecule has 2 aliphatic heterocycles. The van der Waals surface area contributed by atoms with Gasteiger partial charge < -0.3 is 9.47 Å². The highest BCUT2D eigenvalue weighted by Crippen LogP contribution is 2.33. The van der Waals surface area contributed by atoms with Crippen molar-refractivity contribution in [3.8, 4) is 11.5 Å². The predicted molar refractivity (Wildman–Crippen MR) is 105 cm³/mol. The summed E-state index contributed by atoms with van der Waals surface area (Å²) in [5.74, 6) is 1.57. The van der Waals surface area contributed by atoms with Crippen molar-refractivity contribution in [3.05, 3.63) is 53.1 Å². The van der Waals surface area contributed by atoms with Crippen LogP contribution in [0.25, 0.3) is 0 Å². The highest BCUT2D eigenvalue weighted by atomic mass is 32.2. The Kier molecular flexibility index (Phi) is 4.53. The van der Waals surface area contributed by atoms with Crippen molar-refractivity contribution in [2.75, 3.05) is 33.0 Å². The van der Waals surface area contributed by atoms with E-state index in [9.17, 15) is 8.42 Å². The smallest absolute Gasteiger partial charge is 0.243 e. The van der Waals surface area contributed by atoms with Gasteiger partial charge in [0.15, 0.2) is 11.5 Å². The number of piperazine rings is 1. The van der Waals surface area contributed by atoms with Crippen LogP contribution in [0.1, 0.15) is 23.1 Å². The third-order valence-corrected chi connectivity index (χ3v) is 7.78. The first kappa shape index (κ1) is 18.0. The van der Waals surface area contributed by atoms with E-state index in [0.29, 0.717) is 18.0 Å². The Morgan fingerprint density at radius 3 is 2.50 bits per heavy atom. The molecule has 2 heterocycles. The van der Waals surface area contributed by atoms with Gasteiger partial charge in [0.1, 0.15) is 0 Å². The Morgan fingerprint density at radius 1 is 0.857 bits per heavy atom. The van der Waals surface area contributed by atoms with Gasteiger partial charge in [-0.25, -0.2) is 8.42 Å². The maximum absolute atomic E-state index is 13.1. The quantitative estimate of drug-likeness (QED) is 0.789. The van der Waals surface area contributed by atoms with Crippen LogP contribution in [0.3, 0.4) is 0 Å². The van der Waals surface area contributed by atoms with Gasteiger partial charge in [-0.2, -0.15) is 4.31 Å². The van der Waals surface area contributed by atoms with Gasteiger partial charge in [0.2, 0.25) is 16.8 Å². The lowest BCUT2D eigenvalue weighted by Crippen LogP contribution is -2.48. The number of aryl methyl sites for hydroxylation is 2. The predicted octanol–water partition coefficient (Wildman–Crippen LogP) is 2.41. The molecule has 6 nitrogen and oxygen atoms in total. The number of nitrogens with zero attached hydrogens (tertiary/aromatic N) is 2. The van der Waals surface area contributed by atoms with Gasteiger partial charge in [0, 0.05) is 32.7 Å². The zero-order chi connectivity index (χ0) is 19.1. The Bertz CT molecular complexity index is 997. The van der Waals surface area contributed by atoms with Gasteiger partial charge in [0.25, 0.3) is 0 Å². The maximum Gasteiger partial charge on any atom is 0.243 e. The number of ether oxygens (including phenoxy) is 2. The van der Waals surface area contributed by atoms with Crippen LogP contribution >= 0.6 is 0 Å². The average Bonchev–Trinajstić information content (AvgIpc) is 3.36. The minimum absolute atomic E-state index is 0.276. The largest absolute Gasteiger partial charge is 0.454 e. The Labute approximate surface area is 165 Å². The van der Waals surface area contributed by atoms with Gasteiger partial charge in [-0.15, -0.1) is 0 Å². The van der Waals surface area contributed by atoms with Crippen molar-refractivity contribution < 1.29 is 17.9 Å². The van der Waals surface area contributed by atoms with Crippen LogP contribution in [0.5, 0.6) is 11.5 Å².